The molecule has 0 saturated carbocycles. The standard InChI is InChI=1S/C38H38N2O8/c1-3-48-38(47)27(14-20-7-5-4-6-8-20)40-18-21-10-9-19(2)25(13-21)24-11-12-28(41)32-26(24)16-22-15-23-17-29(42)33(37(39)46)36(45)31(23)34(43)30(22)35(32)44/h4-13,22-23,27,31,40-43H,3,14-18H2,1-2H3,(H2,39,46)/t22-,23+,27?,31?/m1/s1. The first kappa shape index (κ1) is 32.7. The normalized spacial score (nSPS) is 20.9. The van der Waals surface area contributed by atoms with Crippen LogP contribution in [0.25, 0.3) is 11.1 Å². The minimum atomic E-state index is -1.17. The molecule has 0 fully saturated rings. The molecule has 48 heavy (non-hydrogen) atoms. The Morgan fingerprint density at radius 2 is 1.73 bits per heavy atom. The summed E-state index contributed by atoms with van der Waals surface area (Å²) in [5.41, 5.74) is 9.96. The molecule has 0 aliphatic heterocycles. The number of aryl methyl sites for hydroxylation is 1. The lowest BCUT2D eigenvalue weighted by atomic mass is 9.62. The highest BCUT2D eigenvalue weighted by atomic mass is 16.5. The van der Waals surface area contributed by atoms with E-state index >= 15 is 0 Å². The number of primary amides is 1. The molecule has 3 aromatic carbocycles. The highest BCUT2D eigenvalue weighted by molar-refractivity contribution is 6.22. The van der Waals surface area contributed by atoms with Crippen molar-refractivity contribution in [2.45, 2.75) is 52.1 Å². The number of benzene rings is 3. The van der Waals surface area contributed by atoms with Crippen LogP contribution < -0.4 is 11.1 Å². The van der Waals surface area contributed by atoms with E-state index < -0.39 is 58.4 Å². The summed E-state index contributed by atoms with van der Waals surface area (Å²) in [6.07, 6.45) is 1.05. The van der Waals surface area contributed by atoms with Crippen LogP contribution in [0.15, 0.2) is 83.3 Å². The number of fused-ring (bicyclic) bond motifs is 3. The number of amides is 1. The van der Waals surface area contributed by atoms with Crippen molar-refractivity contribution in [3.63, 3.8) is 0 Å². The minimum Gasteiger partial charge on any atom is -0.511 e. The first-order valence-corrected chi connectivity index (χ1v) is 16.1. The molecule has 3 aliphatic rings. The summed E-state index contributed by atoms with van der Waals surface area (Å²) in [5, 5.41) is 36.1. The van der Waals surface area contributed by atoms with Gasteiger partial charge in [-0.15, -0.1) is 0 Å². The molecule has 0 spiro atoms. The van der Waals surface area contributed by atoms with E-state index in [2.05, 4.69) is 5.32 Å². The number of hydrogen-bond acceptors (Lipinski definition) is 9. The molecule has 0 aromatic heterocycles. The van der Waals surface area contributed by atoms with Gasteiger partial charge >= 0.3 is 5.97 Å². The van der Waals surface area contributed by atoms with E-state index in [4.69, 9.17) is 10.5 Å². The van der Waals surface area contributed by atoms with Crippen molar-refractivity contribution in [3.05, 3.63) is 111 Å². The van der Waals surface area contributed by atoms with E-state index in [-0.39, 0.29) is 35.9 Å². The lowest BCUT2D eigenvalue weighted by Crippen LogP contribution is -2.43. The van der Waals surface area contributed by atoms with Gasteiger partial charge in [-0.05, 0) is 90.5 Å². The minimum absolute atomic E-state index is 0.0261. The van der Waals surface area contributed by atoms with Crippen LogP contribution in [0.2, 0.25) is 0 Å². The number of aliphatic hydroxyl groups is 2. The summed E-state index contributed by atoms with van der Waals surface area (Å²) in [5.74, 6) is -6.03. The zero-order valence-corrected chi connectivity index (χ0v) is 26.8. The predicted octanol–water partition coefficient (Wildman–Crippen LogP) is 4.71. The first-order chi connectivity index (χ1) is 23.0. The molecule has 1 amide bonds. The second-order valence-corrected chi connectivity index (χ2v) is 12.8. The number of esters is 1. The number of ether oxygens (including phenoxy) is 1. The average Bonchev–Trinajstić information content (AvgIpc) is 3.04. The molecule has 10 nitrogen and oxygen atoms in total. The second kappa shape index (κ2) is 13.1. The summed E-state index contributed by atoms with van der Waals surface area (Å²) < 4.78 is 5.34. The highest BCUT2D eigenvalue weighted by Crippen LogP contribution is 2.50. The van der Waals surface area contributed by atoms with E-state index in [1.54, 1.807) is 13.0 Å². The third-order valence-corrected chi connectivity index (χ3v) is 9.77. The van der Waals surface area contributed by atoms with Gasteiger partial charge in [-0.25, -0.2) is 0 Å². The molecule has 0 bridgehead atoms. The number of hydrogen-bond donors (Lipinski definition) is 5. The molecule has 10 heteroatoms. The summed E-state index contributed by atoms with van der Waals surface area (Å²) in [6.45, 7) is 4.36. The smallest absolute Gasteiger partial charge is 0.323 e. The van der Waals surface area contributed by atoms with Crippen LogP contribution in [0.5, 0.6) is 5.75 Å². The third kappa shape index (κ3) is 5.88. The Morgan fingerprint density at radius 1 is 0.979 bits per heavy atom. The number of phenols is 1. The number of nitrogens with one attached hydrogen (secondary N) is 1. The SMILES string of the molecule is CCOC(=O)C(Cc1ccccc1)NCc1ccc(C)c(-c2ccc(O)c3c2C[C@H]2C[C@H]4CC(O)=C(C(N)=O)C(=O)C4C(O)=C2C3=O)c1. The van der Waals surface area contributed by atoms with Gasteiger partial charge in [-0.3, -0.25) is 19.2 Å². The Kier molecular flexibility index (Phi) is 8.94. The summed E-state index contributed by atoms with van der Waals surface area (Å²) in [4.78, 5) is 51.9. The second-order valence-electron chi connectivity index (χ2n) is 12.8. The van der Waals surface area contributed by atoms with E-state index in [0.717, 1.165) is 27.8 Å². The summed E-state index contributed by atoms with van der Waals surface area (Å²) in [7, 11) is 0. The Balaban J connectivity index is 1.32. The zero-order valence-electron chi connectivity index (χ0n) is 26.8. The lowest BCUT2D eigenvalue weighted by Gasteiger charge is -2.41. The number of nitrogens with two attached hydrogens (primary N) is 1. The van der Waals surface area contributed by atoms with Gasteiger partial charge in [0.2, 0.25) is 0 Å². The Morgan fingerprint density at radius 3 is 2.44 bits per heavy atom. The van der Waals surface area contributed by atoms with Gasteiger partial charge in [0.1, 0.15) is 28.9 Å². The molecule has 2 unspecified atom stereocenters. The van der Waals surface area contributed by atoms with Crippen molar-refractivity contribution >= 4 is 23.4 Å². The monoisotopic (exact) mass is 650 g/mol. The molecule has 0 radical (unpaired) electrons. The van der Waals surface area contributed by atoms with Crippen molar-refractivity contribution in [1.82, 2.24) is 5.32 Å². The number of aliphatic hydroxyl groups excluding tert-OH is 2. The first-order valence-electron chi connectivity index (χ1n) is 16.1. The van der Waals surface area contributed by atoms with Crippen molar-refractivity contribution < 1.29 is 39.2 Å². The van der Waals surface area contributed by atoms with Crippen LogP contribution in [-0.2, 0) is 38.5 Å². The highest BCUT2D eigenvalue weighted by Gasteiger charge is 2.50. The van der Waals surface area contributed by atoms with Crippen LogP contribution in [-0.4, -0.2) is 51.4 Å². The van der Waals surface area contributed by atoms with E-state index in [0.29, 0.717) is 31.4 Å². The molecule has 0 saturated heterocycles. The Bertz CT molecular complexity index is 1890. The molecule has 6 rings (SSSR count). The molecular formula is C38H38N2O8. The van der Waals surface area contributed by atoms with Crippen molar-refractivity contribution in [2.24, 2.45) is 23.5 Å². The maximum absolute atomic E-state index is 14.0. The Hall–Kier alpha value is -5.22. The topological polar surface area (TPSA) is 176 Å². The quantitative estimate of drug-likeness (QED) is 0.162. The van der Waals surface area contributed by atoms with Crippen LogP contribution in [0.3, 0.4) is 0 Å². The number of aromatic hydroxyl groups is 1. The predicted molar refractivity (Wildman–Crippen MR) is 177 cm³/mol. The van der Waals surface area contributed by atoms with Gasteiger partial charge in [0, 0.05) is 18.5 Å². The fourth-order valence-corrected chi connectivity index (χ4v) is 7.53. The van der Waals surface area contributed by atoms with Crippen molar-refractivity contribution in [2.75, 3.05) is 6.61 Å². The number of carbonyl (C=O) groups excluding carboxylic acids is 4. The van der Waals surface area contributed by atoms with Gasteiger partial charge < -0.3 is 31.1 Å². The fourth-order valence-electron chi connectivity index (χ4n) is 7.53. The maximum atomic E-state index is 14.0. The third-order valence-electron chi connectivity index (χ3n) is 9.77. The Labute approximate surface area is 277 Å². The van der Waals surface area contributed by atoms with Gasteiger partial charge in [0.15, 0.2) is 11.6 Å². The molecule has 248 valence electrons. The van der Waals surface area contributed by atoms with Gasteiger partial charge in [-0.1, -0.05) is 48.5 Å². The number of Topliss-reactive ketones (excluding diaryl/α,β-unsaturated/α-hetero) is 2. The van der Waals surface area contributed by atoms with E-state index in [9.17, 15) is 34.5 Å². The number of phenolic OH excluding ortho intramolecular Hbond substituents is 1. The average molecular weight is 651 g/mol. The van der Waals surface area contributed by atoms with Crippen LogP contribution >= 0.6 is 0 Å². The number of ketones is 2. The van der Waals surface area contributed by atoms with Crippen molar-refractivity contribution in [3.8, 4) is 16.9 Å². The van der Waals surface area contributed by atoms with Crippen LogP contribution in [0, 0.1) is 24.7 Å². The molecule has 4 atom stereocenters. The maximum Gasteiger partial charge on any atom is 0.323 e. The lowest BCUT2D eigenvalue weighted by molar-refractivity contribution is -0.145. The van der Waals surface area contributed by atoms with Crippen molar-refractivity contribution in [1.29, 1.82) is 0 Å². The fraction of sp³-hybridized carbons (Fsp3) is 0.316. The van der Waals surface area contributed by atoms with Gasteiger partial charge in [0.05, 0.1) is 18.1 Å². The number of rotatable bonds is 9. The van der Waals surface area contributed by atoms with E-state index in [1.165, 1.54) is 6.07 Å². The van der Waals surface area contributed by atoms with E-state index in [1.807, 2.05) is 55.5 Å². The zero-order chi connectivity index (χ0) is 34.3. The molecule has 3 aliphatic carbocycles. The number of allylic oxidation sites excluding steroid dienone is 3. The molecule has 6 N–H and O–H groups in total. The largest absolute Gasteiger partial charge is 0.511 e. The summed E-state index contributed by atoms with van der Waals surface area (Å²) >= 11 is 0. The molecule has 0 heterocycles. The van der Waals surface area contributed by atoms with Gasteiger partial charge in [0.25, 0.3) is 5.91 Å². The van der Waals surface area contributed by atoms with Gasteiger partial charge in [-0.2, -0.15) is 0 Å². The summed E-state index contributed by atoms with van der Waals surface area (Å²) in [6, 6.07) is 18.3. The molecule has 3 aromatic rings. The van der Waals surface area contributed by atoms with Crippen LogP contribution in [0.4, 0.5) is 0 Å². The number of carbonyl (C=O) groups is 4. The van der Waals surface area contributed by atoms with Crippen LogP contribution in [0.1, 0.15) is 52.4 Å². The molecular weight excluding hydrogens is 612 g/mol.